The molecule has 0 heterocycles. The lowest BCUT2D eigenvalue weighted by atomic mass is 10.0. The van der Waals surface area contributed by atoms with E-state index in [2.05, 4.69) is 74.6 Å². The van der Waals surface area contributed by atoms with E-state index in [1.807, 2.05) is 0 Å². The number of phosphoric acid groups is 1. The molecule has 0 rings (SSSR count). The summed E-state index contributed by atoms with van der Waals surface area (Å²) in [6.07, 6.45) is 49.9. The summed E-state index contributed by atoms with van der Waals surface area (Å²) >= 11 is 0. The summed E-state index contributed by atoms with van der Waals surface area (Å²) in [7, 11) is -4.29. The first-order chi connectivity index (χ1) is 26.8. The summed E-state index contributed by atoms with van der Waals surface area (Å²) in [4.78, 5) is 34.8. The van der Waals surface area contributed by atoms with E-state index in [-0.39, 0.29) is 32.0 Å². The Morgan fingerprint density at radius 1 is 0.509 bits per heavy atom. The highest BCUT2D eigenvalue weighted by Gasteiger charge is 2.25. The van der Waals surface area contributed by atoms with Crippen LogP contribution in [0.2, 0.25) is 0 Å². The van der Waals surface area contributed by atoms with E-state index in [0.29, 0.717) is 6.42 Å². The van der Waals surface area contributed by atoms with Crippen LogP contribution in [0.3, 0.4) is 0 Å². The van der Waals surface area contributed by atoms with Crippen LogP contribution in [0.5, 0.6) is 0 Å². The Balaban J connectivity index is 4.14. The molecular formula is C46H81O8P. The lowest BCUT2D eigenvalue weighted by Gasteiger charge is -2.19. The van der Waals surface area contributed by atoms with E-state index < -0.39 is 26.5 Å². The lowest BCUT2D eigenvalue weighted by molar-refractivity contribution is -0.161. The van der Waals surface area contributed by atoms with Crippen LogP contribution in [0.25, 0.3) is 0 Å². The van der Waals surface area contributed by atoms with Gasteiger partial charge in [-0.2, -0.15) is 0 Å². The minimum Gasteiger partial charge on any atom is -0.462 e. The monoisotopic (exact) mass is 793 g/mol. The van der Waals surface area contributed by atoms with Gasteiger partial charge < -0.3 is 14.4 Å². The van der Waals surface area contributed by atoms with E-state index in [1.54, 1.807) is 6.92 Å². The minimum absolute atomic E-state index is 0.00779. The van der Waals surface area contributed by atoms with Crippen molar-refractivity contribution in [3.05, 3.63) is 60.8 Å². The second kappa shape index (κ2) is 41.4. The van der Waals surface area contributed by atoms with Gasteiger partial charge in [0.1, 0.15) is 6.61 Å². The Morgan fingerprint density at radius 2 is 0.927 bits per heavy atom. The van der Waals surface area contributed by atoms with E-state index in [0.717, 1.165) is 70.6 Å². The highest BCUT2D eigenvalue weighted by atomic mass is 31.2. The largest absolute Gasteiger partial charge is 0.472 e. The number of ether oxygens (including phenoxy) is 2. The highest BCUT2D eigenvalue weighted by molar-refractivity contribution is 7.47. The van der Waals surface area contributed by atoms with Crippen LogP contribution in [-0.4, -0.2) is 42.8 Å². The number of unbranched alkanes of at least 4 members (excludes halogenated alkanes) is 18. The molecule has 0 saturated heterocycles. The van der Waals surface area contributed by atoms with Gasteiger partial charge in [0.15, 0.2) is 6.10 Å². The standard InChI is InChI=1S/C46H81O8P/c1-4-7-9-11-13-15-17-19-21-23-24-25-27-29-31-33-35-37-39-41-46(48)54-44(43-53-55(49,50)52-6-3)42-51-45(47)40-38-36-34-32-30-28-26-22-20-18-16-14-12-10-8-5-2/h7,9,13,15,19,21,24-25,29,31,44H,4-6,8,10-12,14,16-18,20,22-23,26-28,30,32-43H2,1-3H3,(H,49,50)/b9-7-,15-13-,21-19-,25-24-,31-29-. The van der Waals surface area contributed by atoms with Gasteiger partial charge in [-0.15, -0.1) is 0 Å². The predicted molar refractivity (Wildman–Crippen MR) is 230 cm³/mol. The zero-order valence-electron chi connectivity index (χ0n) is 35.3. The zero-order chi connectivity index (χ0) is 40.3. The third-order valence-electron chi connectivity index (χ3n) is 9.09. The summed E-state index contributed by atoms with van der Waals surface area (Å²) in [5.41, 5.74) is 0. The summed E-state index contributed by atoms with van der Waals surface area (Å²) in [6.45, 7) is 5.33. The van der Waals surface area contributed by atoms with Crippen molar-refractivity contribution in [2.45, 2.75) is 200 Å². The zero-order valence-corrected chi connectivity index (χ0v) is 36.2. The van der Waals surface area contributed by atoms with Crippen molar-refractivity contribution < 1.29 is 37.6 Å². The molecule has 8 nitrogen and oxygen atoms in total. The number of phosphoric ester groups is 1. The van der Waals surface area contributed by atoms with Crippen molar-refractivity contribution in [2.75, 3.05) is 19.8 Å². The maximum Gasteiger partial charge on any atom is 0.472 e. The molecule has 0 amide bonds. The van der Waals surface area contributed by atoms with E-state index in [4.69, 9.17) is 18.5 Å². The Labute approximate surface area is 337 Å². The van der Waals surface area contributed by atoms with Gasteiger partial charge in [-0.25, -0.2) is 4.57 Å². The van der Waals surface area contributed by atoms with Gasteiger partial charge in [0, 0.05) is 12.8 Å². The molecular weight excluding hydrogens is 711 g/mol. The Bertz CT molecular complexity index is 1080. The smallest absolute Gasteiger partial charge is 0.462 e. The lowest BCUT2D eigenvalue weighted by Crippen LogP contribution is -2.29. The van der Waals surface area contributed by atoms with Crippen molar-refractivity contribution in [1.82, 2.24) is 0 Å². The van der Waals surface area contributed by atoms with Gasteiger partial charge in [0.25, 0.3) is 0 Å². The van der Waals surface area contributed by atoms with E-state index in [9.17, 15) is 19.0 Å². The average Bonchev–Trinajstić information content (AvgIpc) is 3.16. The van der Waals surface area contributed by atoms with E-state index >= 15 is 0 Å². The van der Waals surface area contributed by atoms with Gasteiger partial charge in [-0.05, 0) is 64.7 Å². The van der Waals surface area contributed by atoms with Crippen molar-refractivity contribution >= 4 is 19.8 Å². The Morgan fingerprint density at radius 3 is 1.40 bits per heavy atom. The molecule has 0 aliphatic heterocycles. The van der Waals surface area contributed by atoms with E-state index in [1.165, 1.54) is 83.5 Å². The molecule has 9 heteroatoms. The SMILES string of the molecule is CC/C=C\C/C=C\C/C=C\C/C=C\C/C=C\CCCCCC(=O)OC(COC(=O)CCCCCCCCCCCCCCCCCC)COP(=O)(O)OCC. The molecule has 0 radical (unpaired) electrons. The predicted octanol–water partition coefficient (Wildman–Crippen LogP) is 13.9. The Hall–Kier alpha value is -2.25. The number of carbonyl (C=O) groups excluding carboxylic acids is 2. The number of hydrogen-bond donors (Lipinski definition) is 1. The quantitative estimate of drug-likeness (QED) is 0.0283. The van der Waals surface area contributed by atoms with Crippen LogP contribution < -0.4 is 0 Å². The number of rotatable bonds is 40. The molecule has 0 aromatic carbocycles. The molecule has 318 valence electrons. The fourth-order valence-electron chi connectivity index (χ4n) is 5.89. The van der Waals surface area contributed by atoms with Crippen molar-refractivity contribution in [3.8, 4) is 0 Å². The topological polar surface area (TPSA) is 108 Å². The number of hydrogen-bond acceptors (Lipinski definition) is 7. The van der Waals surface area contributed by atoms with Crippen LogP contribution >= 0.6 is 7.82 Å². The van der Waals surface area contributed by atoms with Crippen molar-refractivity contribution in [3.63, 3.8) is 0 Å². The maximum atomic E-state index is 12.6. The average molecular weight is 793 g/mol. The second-order valence-electron chi connectivity index (χ2n) is 14.3. The van der Waals surface area contributed by atoms with Crippen LogP contribution in [0.4, 0.5) is 0 Å². The number of esters is 2. The summed E-state index contributed by atoms with van der Waals surface area (Å²) in [5, 5.41) is 0. The van der Waals surface area contributed by atoms with Crippen LogP contribution in [0, 0.1) is 0 Å². The molecule has 0 saturated carbocycles. The first kappa shape index (κ1) is 52.8. The molecule has 0 aliphatic rings. The summed E-state index contributed by atoms with van der Waals surface area (Å²) in [5.74, 6) is -0.833. The summed E-state index contributed by atoms with van der Waals surface area (Å²) < 4.78 is 32.6. The molecule has 2 unspecified atom stereocenters. The van der Waals surface area contributed by atoms with Crippen molar-refractivity contribution in [2.24, 2.45) is 0 Å². The van der Waals surface area contributed by atoms with Crippen molar-refractivity contribution in [1.29, 1.82) is 0 Å². The maximum absolute atomic E-state index is 12.6. The summed E-state index contributed by atoms with van der Waals surface area (Å²) in [6, 6.07) is 0. The van der Waals surface area contributed by atoms with Gasteiger partial charge in [0.05, 0.1) is 13.2 Å². The minimum atomic E-state index is -4.29. The normalized spacial score (nSPS) is 13.9. The van der Waals surface area contributed by atoms with Gasteiger partial charge in [-0.1, -0.05) is 177 Å². The second-order valence-corrected chi connectivity index (χ2v) is 15.8. The number of allylic oxidation sites excluding steroid dienone is 10. The molecule has 0 fully saturated rings. The fraction of sp³-hybridized carbons (Fsp3) is 0.739. The Kier molecular flexibility index (Phi) is 39.7. The van der Waals surface area contributed by atoms with Crippen LogP contribution in [0.15, 0.2) is 60.8 Å². The molecule has 55 heavy (non-hydrogen) atoms. The van der Waals surface area contributed by atoms with Gasteiger partial charge >= 0.3 is 19.8 Å². The molecule has 0 aromatic heterocycles. The van der Waals surface area contributed by atoms with Crippen LogP contribution in [-0.2, 0) is 32.7 Å². The third kappa shape index (κ3) is 41.2. The highest BCUT2D eigenvalue weighted by Crippen LogP contribution is 2.43. The molecule has 0 aliphatic carbocycles. The molecule has 0 spiro atoms. The number of carbonyl (C=O) groups is 2. The molecule has 0 aromatic rings. The third-order valence-corrected chi connectivity index (χ3v) is 10.1. The van der Waals surface area contributed by atoms with Gasteiger partial charge in [0.2, 0.25) is 0 Å². The van der Waals surface area contributed by atoms with Crippen LogP contribution in [0.1, 0.15) is 194 Å². The molecule has 0 bridgehead atoms. The first-order valence-electron chi connectivity index (χ1n) is 22.1. The van der Waals surface area contributed by atoms with Gasteiger partial charge in [-0.3, -0.25) is 18.6 Å². The molecule has 2 atom stereocenters. The molecule has 1 N–H and O–H groups in total. The first-order valence-corrected chi connectivity index (χ1v) is 23.6. The fourth-order valence-corrected chi connectivity index (χ4v) is 6.65.